The van der Waals surface area contributed by atoms with Crippen LogP contribution in [-0.4, -0.2) is 16.2 Å². The van der Waals surface area contributed by atoms with Gasteiger partial charge in [0.15, 0.2) is 0 Å². The molecule has 146 valence electrons. The molecule has 0 atom stereocenters. The predicted molar refractivity (Wildman–Crippen MR) is 112 cm³/mol. The molecule has 0 bridgehead atoms. The van der Waals surface area contributed by atoms with Crippen LogP contribution in [0.5, 0.6) is 5.75 Å². The minimum Gasteiger partial charge on any atom is -0.507 e. The quantitative estimate of drug-likeness (QED) is 0.527. The van der Waals surface area contributed by atoms with E-state index in [4.69, 9.17) is 5.11 Å². The normalized spacial score (nSPS) is 12.5. The molecule has 0 aromatic heterocycles. The minimum absolute atomic E-state index is 0.177. The predicted octanol–water partition coefficient (Wildman–Crippen LogP) is 5.75. The molecule has 0 heterocycles. The highest BCUT2D eigenvalue weighted by molar-refractivity contribution is 5.92. The second-order valence-electron chi connectivity index (χ2n) is 9.02. The molecule has 4 heteroatoms. The lowest BCUT2D eigenvalue weighted by atomic mass is 9.78. The van der Waals surface area contributed by atoms with Gasteiger partial charge >= 0.3 is 5.97 Å². The van der Waals surface area contributed by atoms with E-state index in [2.05, 4.69) is 6.07 Å². The summed E-state index contributed by atoms with van der Waals surface area (Å²) >= 11 is 0. The van der Waals surface area contributed by atoms with Crippen LogP contribution in [0.4, 0.5) is 0 Å². The monoisotopic (exact) mass is 377 g/mol. The zero-order valence-corrected chi connectivity index (χ0v) is 17.3. The fraction of sp³-hybridized carbons (Fsp3) is 0.333. The van der Waals surface area contributed by atoms with Crippen LogP contribution in [0.15, 0.2) is 36.4 Å². The number of nitriles is 1. The summed E-state index contributed by atoms with van der Waals surface area (Å²) in [6.45, 7) is 12.2. The first-order valence-corrected chi connectivity index (χ1v) is 9.18. The first-order valence-electron chi connectivity index (χ1n) is 9.18. The second-order valence-corrected chi connectivity index (χ2v) is 9.02. The van der Waals surface area contributed by atoms with Crippen LogP contribution in [-0.2, 0) is 10.8 Å². The van der Waals surface area contributed by atoms with Crippen molar-refractivity contribution in [1.29, 1.82) is 5.26 Å². The average molecular weight is 377 g/mol. The molecule has 4 nitrogen and oxygen atoms in total. The first kappa shape index (κ1) is 21.2. The van der Waals surface area contributed by atoms with E-state index in [1.165, 1.54) is 12.1 Å². The van der Waals surface area contributed by atoms with Crippen LogP contribution in [0.3, 0.4) is 0 Å². The molecule has 0 fully saturated rings. The van der Waals surface area contributed by atoms with Crippen molar-refractivity contribution in [2.24, 2.45) is 0 Å². The molecule has 0 spiro atoms. The van der Waals surface area contributed by atoms with Crippen LogP contribution < -0.4 is 0 Å². The summed E-state index contributed by atoms with van der Waals surface area (Å²) in [5.41, 5.74) is 3.21. The van der Waals surface area contributed by atoms with Crippen molar-refractivity contribution in [3.63, 3.8) is 0 Å². The zero-order valence-electron chi connectivity index (χ0n) is 17.3. The Labute approximate surface area is 166 Å². The van der Waals surface area contributed by atoms with Crippen molar-refractivity contribution < 1.29 is 15.0 Å². The number of phenols is 1. The molecular weight excluding hydrogens is 350 g/mol. The van der Waals surface area contributed by atoms with Crippen molar-refractivity contribution in [2.45, 2.75) is 52.4 Å². The second kappa shape index (κ2) is 7.52. The van der Waals surface area contributed by atoms with Crippen LogP contribution in [0, 0.1) is 11.3 Å². The molecular formula is C24H27NO3. The van der Waals surface area contributed by atoms with Crippen LogP contribution in [0.25, 0.3) is 11.6 Å². The van der Waals surface area contributed by atoms with Crippen molar-refractivity contribution in [3.8, 4) is 11.8 Å². The number of benzene rings is 2. The van der Waals surface area contributed by atoms with Gasteiger partial charge in [-0.3, -0.25) is 0 Å². The number of carbonyl (C=O) groups is 1. The van der Waals surface area contributed by atoms with E-state index in [1.54, 1.807) is 18.2 Å². The topological polar surface area (TPSA) is 81.3 Å². The molecule has 0 amide bonds. The highest BCUT2D eigenvalue weighted by Gasteiger charge is 2.26. The Morgan fingerprint density at radius 1 is 0.929 bits per heavy atom. The summed E-state index contributed by atoms with van der Waals surface area (Å²) in [6, 6.07) is 12.3. The molecule has 0 unspecified atom stereocenters. The Morgan fingerprint density at radius 3 is 1.71 bits per heavy atom. The molecule has 2 N–H and O–H groups in total. The number of aromatic carboxylic acids is 1. The Kier molecular flexibility index (Phi) is 5.70. The molecule has 0 aliphatic carbocycles. The molecule has 2 rings (SSSR count). The Bertz CT molecular complexity index is 928. The number of hydrogen-bond donors (Lipinski definition) is 2. The summed E-state index contributed by atoms with van der Waals surface area (Å²) < 4.78 is 0. The number of allylic oxidation sites excluding steroid dienone is 1. The third-order valence-electron chi connectivity index (χ3n) is 4.62. The van der Waals surface area contributed by atoms with Crippen LogP contribution in [0.1, 0.15) is 74.2 Å². The van der Waals surface area contributed by atoms with Gasteiger partial charge in [-0.25, -0.2) is 4.79 Å². The third kappa shape index (κ3) is 4.61. The van der Waals surface area contributed by atoms with E-state index >= 15 is 0 Å². The number of nitrogens with zero attached hydrogens (tertiary/aromatic N) is 1. The van der Waals surface area contributed by atoms with Gasteiger partial charge in [0.2, 0.25) is 0 Å². The van der Waals surface area contributed by atoms with Gasteiger partial charge in [-0.05, 0) is 52.3 Å². The molecule has 28 heavy (non-hydrogen) atoms. The minimum atomic E-state index is -1.00. The summed E-state index contributed by atoms with van der Waals surface area (Å²) in [4.78, 5) is 11.0. The van der Waals surface area contributed by atoms with Gasteiger partial charge < -0.3 is 10.2 Å². The van der Waals surface area contributed by atoms with Gasteiger partial charge in [0, 0.05) is 11.1 Å². The van der Waals surface area contributed by atoms with Gasteiger partial charge in [0.05, 0.1) is 17.2 Å². The highest BCUT2D eigenvalue weighted by atomic mass is 16.4. The number of rotatable bonds is 3. The smallest absolute Gasteiger partial charge is 0.335 e. The van der Waals surface area contributed by atoms with Gasteiger partial charge in [0.1, 0.15) is 5.75 Å². The maximum absolute atomic E-state index is 11.0. The summed E-state index contributed by atoms with van der Waals surface area (Å²) in [5, 5.41) is 29.5. The number of carboxylic acid groups (broad SMARTS) is 1. The zero-order chi connectivity index (χ0) is 21.3. The standard InChI is InChI=1S/C24H27NO3/c1-23(2,3)19-12-15(13-20(21(19)26)24(4,5)6)11-18(14-25)16-7-9-17(10-8-16)22(27)28/h7-13,26H,1-6H3,(H,27,28)/b18-11-. The molecule has 0 aliphatic rings. The Morgan fingerprint density at radius 2 is 1.36 bits per heavy atom. The van der Waals surface area contributed by atoms with E-state index in [0.29, 0.717) is 16.9 Å². The molecule has 0 saturated carbocycles. The lowest BCUT2D eigenvalue weighted by molar-refractivity contribution is 0.0697. The highest BCUT2D eigenvalue weighted by Crippen LogP contribution is 2.40. The van der Waals surface area contributed by atoms with Gasteiger partial charge in [-0.15, -0.1) is 0 Å². The fourth-order valence-corrected chi connectivity index (χ4v) is 3.02. The lowest BCUT2D eigenvalue weighted by Crippen LogP contribution is -2.17. The Balaban J connectivity index is 2.65. The molecule has 2 aromatic rings. The molecule has 2 aromatic carbocycles. The van der Waals surface area contributed by atoms with E-state index in [-0.39, 0.29) is 16.4 Å². The molecule has 0 aliphatic heterocycles. The average Bonchev–Trinajstić information content (AvgIpc) is 2.58. The molecule has 0 radical (unpaired) electrons. The molecule has 0 saturated heterocycles. The maximum Gasteiger partial charge on any atom is 0.335 e. The SMILES string of the molecule is CC(C)(C)c1cc(/C=C(/C#N)c2ccc(C(=O)O)cc2)cc(C(C)(C)C)c1O. The maximum atomic E-state index is 11.0. The summed E-state index contributed by atoms with van der Waals surface area (Å²) in [6.07, 6.45) is 1.78. The number of carboxylic acids is 1. The van der Waals surface area contributed by atoms with E-state index < -0.39 is 5.97 Å². The van der Waals surface area contributed by atoms with Crippen molar-refractivity contribution >= 4 is 17.6 Å². The summed E-state index contributed by atoms with van der Waals surface area (Å²) in [5.74, 6) is -0.710. The van der Waals surface area contributed by atoms with Gasteiger partial charge in [-0.2, -0.15) is 5.26 Å². The van der Waals surface area contributed by atoms with Gasteiger partial charge in [-0.1, -0.05) is 53.7 Å². The van der Waals surface area contributed by atoms with E-state index in [9.17, 15) is 15.2 Å². The van der Waals surface area contributed by atoms with Crippen LogP contribution in [0.2, 0.25) is 0 Å². The summed E-state index contributed by atoms with van der Waals surface area (Å²) in [7, 11) is 0. The largest absolute Gasteiger partial charge is 0.507 e. The van der Waals surface area contributed by atoms with Crippen molar-refractivity contribution in [2.75, 3.05) is 0 Å². The lowest BCUT2D eigenvalue weighted by Gasteiger charge is -2.28. The van der Waals surface area contributed by atoms with Crippen molar-refractivity contribution in [1.82, 2.24) is 0 Å². The number of aromatic hydroxyl groups is 1. The number of hydrogen-bond acceptors (Lipinski definition) is 3. The van der Waals surface area contributed by atoms with E-state index in [0.717, 1.165) is 16.7 Å². The first-order chi connectivity index (χ1) is 12.8. The van der Waals surface area contributed by atoms with Gasteiger partial charge in [0.25, 0.3) is 0 Å². The van der Waals surface area contributed by atoms with Crippen LogP contribution >= 0.6 is 0 Å². The number of phenolic OH excluding ortho intramolecular Hbond substituents is 1. The third-order valence-corrected chi connectivity index (χ3v) is 4.62. The fourth-order valence-electron chi connectivity index (χ4n) is 3.02. The van der Waals surface area contributed by atoms with Crippen molar-refractivity contribution in [3.05, 3.63) is 64.2 Å². The van der Waals surface area contributed by atoms with E-state index in [1.807, 2.05) is 53.7 Å². The Hall–Kier alpha value is -3.06.